The summed E-state index contributed by atoms with van der Waals surface area (Å²) in [5.41, 5.74) is 0. The minimum Gasteiger partial charge on any atom is 0 e. The molecule has 0 unspecified atom stereocenters. The van der Waals surface area contributed by atoms with Crippen molar-refractivity contribution >= 4 is 48.9 Å². The fraction of sp³-hybridized carbons (Fsp3) is 0. The minimum atomic E-state index is 0. The van der Waals surface area contributed by atoms with Gasteiger partial charge in [0.05, 0.1) is 0 Å². The van der Waals surface area contributed by atoms with E-state index in [1.807, 2.05) is 0 Å². The zero-order valence-corrected chi connectivity index (χ0v) is 20.9. The average Bonchev–Trinajstić information content (AvgIpc) is 0. The van der Waals surface area contributed by atoms with E-state index >= 15 is 0 Å². The molecule has 0 atom stereocenters. The maximum Gasteiger partial charge on any atom is 0 e. The largest absolute Gasteiger partial charge is 0 e. The molecule has 0 N–H and O–H groups in total. The molecule has 0 rings (SSSR count). The van der Waals surface area contributed by atoms with E-state index < -0.39 is 0 Å². The van der Waals surface area contributed by atoms with Gasteiger partial charge in [0.2, 0.25) is 0 Å². The molecule has 0 aromatic heterocycles. The van der Waals surface area contributed by atoms with E-state index in [0.717, 1.165) is 0 Å². The molecule has 0 saturated heterocycles. The van der Waals surface area contributed by atoms with E-state index in [1.54, 1.807) is 0 Å². The predicted octanol–water partition coefficient (Wildman–Crippen LogP) is -0.391. The summed E-state index contributed by atoms with van der Waals surface area (Å²) in [6, 6.07) is 0. The molecule has 0 aliphatic rings. The fourth-order valence-corrected chi connectivity index (χ4v) is 0. The molecule has 0 aromatic carbocycles. The van der Waals surface area contributed by atoms with E-state index in [1.165, 1.54) is 0 Å². The van der Waals surface area contributed by atoms with Crippen molar-refractivity contribution in [2.24, 2.45) is 0 Å². The molecule has 0 heterocycles. The van der Waals surface area contributed by atoms with Gasteiger partial charge in [-0.15, -0.1) is 0 Å². The molecule has 0 bridgehead atoms. The van der Waals surface area contributed by atoms with E-state index in [9.17, 15) is 0 Å². The predicted molar refractivity (Wildman–Crippen MR) is 5.75 cm³/mol. The first kappa shape index (κ1) is 41.5. The molecule has 0 saturated carbocycles. The number of rotatable bonds is 0. The average molecular weight is 553 g/mol. The summed E-state index contributed by atoms with van der Waals surface area (Å²) >= 11 is 0. The van der Waals surface area contributed by atoms with Gasteiger partial charge in [0.1, 0.15) is 0 Å². The SMILES string of the molecule is [Ba].[Nb].[Nd].[Ti].[Zn].[Zn]. The van der Waals surface area contributed by atoms with Crippen LogP contribution in [0.15, 0.2) is 0 Å². The van der Waals surface area contributed by atoms with Crippen LogP contribution in [0.3, 0.4) is 0 Å². The molecule has 0 aliphatic carbocycles. The van der Waals surface area contributed by atoms with Gasteiger partial charge < -0.3 is 0 Å². The second-order valence-electron chi connectivity index (χ2n) is 0. The molecule has 0 amide bonds. The Bertz CT molecular complexity index is 13.5. The summed E-state index contributed by atoms with van der Waals surface area (Å²) in [6.07, 6.45) is 0. The van der Waals surface area contributed by atoms with Crippen LogP contribution in [-0.4, -0.2) is 48.9 Å². The van der Waals surface area contributed by atoms with Crippen molar-refractivity contribution in [1.82, 2.24) is 0 Å². The molecule has 6 heavy (non-hydrogen) atoms. The van der Waals surface area contributed by atoms with Gasteiger partial charge in [-0.05, 0) is 0 Å². The third-order valence-electron chi connectivity index (χ3n) is 0. The van der Waals surface area contributed by atoms with Crippen molar-refractivity contribution in [1.29, 1.82) is 0 Å². The van der Waals surface area contributed by atoms with Gasteiger partial charge in [-0.2, -0.15) is 0 Å². The molecular weight excluding hydrogens is 553 g/mol. The maximum atomic E-state index is 0. The standard InChI is InChI=1S/Ba.Nb.Nd.Ti.2Zn. The molecule has 0 aromatic rings. The van der Waals surface area contributed by atoms with Crippen LogP contribution in [0.25, 0.3) is 0 Å². The molecule has 3 radical (unpaired) electrons. The van der Waals surface area contributed by atoms with Crippen molar-refractivity contribution in [3.8, 4) is 0 Å². The molecular formula is BaNbNdTiZn2. The van der Waals surface area contributed by atoms with Gasteiger partial charge >= 0.3 is 0 Å². The van der Waals surface area contributed by atoms with Gasteiger partial charge in [-0.1, -0.05) is 0 Å². The number of hydrogen-bond donors (Lipinski definition) is 0. The molecule has 0 spiro atoms. The van der Waals surface area contributed by atoms with E-state index in [2.05, 4.69) is 0 Å². The monoisotopic (exact) mass is 549 g/mol. The van der Waals surface area contributed by atoms with Gasteiger partial charge in [-0.3, -0.25) is 0 Å². The molecule has 0 aliphatic heterocycles. The molecule has 19 valence electrons. The van der Waals surface area contributed by atoms with Crippen LogP contribution >= 0.6 is 0 Å². The van der Waals surface area contributed by atoms with Crippen LogP contribution in [0.1, 0.15) is 0 Å². The third-order valence-corrected chi connectivity index (χ3v) is 0. The van der Waals surface area contributed by atoms with Crippen LogP contribution in [0, 0.1) is 40.8 Å². The first-order valence-corrected chi connectivity index (χ1v) is 0. The van der Waals surface area contributed by atoms with Gasteiger partial charge in [0, 0.05) is 173 Å². The normalized spacial score (nSPS) is 0. The van der Waals surface area contributed by atoms with Crippen molar-refractivity contribution < 1.29 is 124 Å². The quantitative estimate of drug-likeness (QED) is 0.359. The van der Waals surface area contributed by atoms with Crippen molar-refractivity contribution in [3.63, 3.8) is 0 Å². The van der Waals surface area contributed by atoms with Crippen molar-refractivity contribution in [2.75, 3.05) is 0 Å². The second-order valence-corrected chi connectivity index (χ2v) is 0. The first-order chi connectivity index (χ1) is 0. The van der Waals surface area contributed by atoms with Crippen molar-refractivity contribution in [3.05, 3.63) is 0 Å². The van der Waals surface area contributed by atoms with E-state index in [0.29, 0.717) is 0 Å². The smallest absolute Gasteiger partial charge is 0 e. The van der Waals surface area contributed by atoms with Gasteiger partial charge in [0.15, 0.2) is 0 Å². The Morgan fingerprint density at radius 3 is 0.833 bits per heavy atom. The first-order valence-electron chi connectivity index (χ1n) is 0. The van der Waals surface area contributed by atoms with Crippen LogP contribution in [0.4, 0.5) is 0 Å². The zero-order valence-electron chi connectivity index (χ0n) is 3.57. The summed E-state index contributed by atoms with van der Waals surface area (Å²) in [4.78, 5) is 0. The Labute approximate surface area is 167 Å². The summed E-state index contributed by atoms with van der Waals surface area (Å²) < 4.78 is 0. The van der Waals surface area contributed by atoms with Crippen LogP contribution in [-0.2, 0) is 83.1 Å². The fourth-order valence-electron chi connectivity index (χ4n) is 0. The van der Waals surface area contributed by atoms with Crippen LogP contribution in [0.2, 0.25) is 0 Å². The Kier molecular flexibility index (Phi) is 215. The molecule has 0 fully saturated rings. The Morgan fingerprint density at radius 1 is 0.833 bits per heavy atom. The van der Waals surface area contributed by atoms with E-state index in [4.69, 9.17) is 0 Å². The topological polar surface area (TPSA) is 0 Å². The van der Waals surface area contributed by atoms with Gasteiger partial charge in [0.25, 0.3) is 0 Å². The number of hydrogen-bond acceptors (Lipinski definition) is 0. The Balaban J connectivity index is 0. The minimum absolute atomic E-state index is 0. The van der Waals surface area contributed by atoms with Crippen LogP contribution < -0.4 is 0 Å². The third kappa shape index (κ3) is 22.6. The summed E-state index contributed by atoms with van der Waals surface area (Å²) in [6.45, 7) is 0. The Morgan fingerprint density at radius 2 is 0.833 bits per heavy atom. The van der Waals surface area contributed by atoms with Crippen molar-refractivity contribution in [2.45, 2.75) is 0 Å². The zero-order chi connectivity index (χ0) is 0. The summed E-state index contributed by atoms with van der Waals surface area (Å²) in [5.74, 6) is 0. The summed E-state index contributed by atoms with van der Waals surface area (Å²) in [7, 11) is 0. The summed E-state index contributed by atoms with van der Waals surface area (Å²) in [5, 5.41) is 0. The second kappa shape index (κ2) is 31.1. The van der Waals surface area contributed by atoms with E-state index in [-0.39, 0.29) is 173 Å². The maximum absolute atomic E-state index is 0. The van der Waals surface area contributed by atoms with Crippen LogP contribution in [0.5, 0.6) is 0 Å². The Hall–Kier alpha value is 5.62. The molecule has 0 nitrogen and oxygen atoms in total. The van der Waals surface area contributed by atoms with Gasteiger partial charge in [-0.25, -0.2) is 0 Å². The molecule has 6 heteroatoms.